The molecule has 0 aromatic heterocycles. The maximum atomic E-state index is 14.2. The zero-order valence-electron chi connectivity index (χ0n) is 24.1. The maximum Gasteiger partial charge on any atom is 0.264 e. The van der Waals surface area contributed by atoms with Crippen LogP contribution in [0.4, 0.5) is 5.69 Å². The van der Waals surface area contributed by atoms with E-state index in [0.29, 0.717) is 18.0 Å². The fraction of sp³-hybridized carbons (Fsp3) is 0.333. The minimum absolute atomic E-state index is 0.0710. The van der Waals surface area contributed by atoms with Crippen molar-refractivity contribution in [3.05, 3.63) is 81.8 Å². The van der Waals surface area contributed by atoms with Gasteiger partial charge in [-0.3, -0.25) is 13.9 Å². The monoisotopic (exact) mass is 645 g/mol. The largest absolute Gasteiger partial charge is 0.493 e. The number of sulfonamides is 1. The summed E-state index contributed by atoms with van der Waals surface area (Å²) >= 11 is 3.41. The third kappa shape index (κ3) is 7.80. The van der Waals surface area contributed by atoms with Crippen molar-refractivity contribution in [2.45, 2.75) is 45.2 Å². The third-order valence-corrected chi connectivity index (χ3v) is 8.80. The van der Waals surface area contributed by atoms with E-state index in [-0.39, 0.29) is 23.1 Å². The molecule has 220 valence electrons. The molecule has 0 saturated carbocycles. The van der Waals surface area contributed by atoms with Crippen LogP contribution in [0.25, 0.3) is 0 Å². The second-order valence-corrected chi connectivity index (χ2v) is 12.4. The average Bonchev–Trinajstić information content (AvgIpc) is 2.94. The number of rotatable bonds is 12. The maximum absolute atomic E-state index is 14.2. The number of aryl methyl sites for hydroxylation is 2. The molecule has 1 atom stereocenters. The zero-order valence-corrected chi connectivity index (χ0v) is 26.5. The van der Waals surface area contributed by atoms with Crippen LogP contribution in [0.1, 0.15) is 30.5 Å². The topological polar surface area (TPSA) is 105 Å². The second kappa shape index (κ2) is 13.9. The number of nitrogens with zero attached hydrogens (tertiary/aromatic N) is 2. The Hall–Kier alpha value is -3.57. The van der Waals surface area contributed by atoms with E-state index in [1.165, 1.54) is 37.3 Å². The number of carbonyl (C=O) groups excluding carboxylic acids is 2. The number of nitrogens with one attached hydrogen (secondary N) is 1. The van der Waals surface area contributed by atoms with E-state index in [9.17, 15) is 18.0 Å². The molecule has 11 heteroatoms. The number of carbonyl (C=O) groups is 2. The number of anilines is 1. The Morgan fingerprint density at radius 1 is 0.927 bits per heavy atom. The van der Waals surface area contributed by atoms with Crippen molar-refractivity contribution >= 4 is 43.5 Å². The van der Waals surface area contributed by atoms with Crippen molar-refractivity contribution in [2.24, 2.45) is 0 Å². The predicted octanol–water partition coefficient (Wildman–Crippen LogP) is 4.83. The summed E-state index contributed by atoms with van der Waals surface area (Å²) in [5.74, 6) is -0.257. The fourth-order valence-corrected chi connectivity index (χ4v) is 6.10. The van der Waals surface area contributed by atoms with E-state index in [1.807, 2.05) is 44.2 Å². The standard InChI is InChI=1S/C30H36BrN3O6S/c1-7-32-30(36)22(4)33(18-23-8-10-24(31)11-9-23)29(35)19-34(25-15-20(2)14-21(3)16-25)41(37,38)26-12-13-27(39-5)28(17-26)40-6/h8-17,22H,7,18-19H2,1-6H3,(H,32,36). The molecule has 3 rings (SSSR count). The van der Waals surface area contributed by atoms with Gasteiger partial charge in [0, 0.05) is 23.6 Å². The Balaban J connectivity index is 2.10. The number of hydrogen-bond donors (Lipinski definition) is 1. The highest BCUT2D eigenvalue weighted by Crippen LogP contribution is 2.33. The van der Waals surface area contributed by atoms with Gasteiger partial charge in [-0.1, -0.05) is 34.1 Å². The molecule has 0 fully saturated rings. The molecule has 3 aromatic rings. The molecule has 0 spiro atoms. The number of hydrogen-bond acceptors (Lipinski definition) is 6. The molecule has 0 saturated heterocycles. The minimum atomic E-state index is -4.26. The molecule has 41 heavy (non-hydrogen) atoms. The number of amides is 2. The summed E-state index contributed by atoms with van der Waals surface area (Å²) < 4.78 is 40.9. The molecule has 0 aliphatic rings. The van der Waals surface area contributed by atoms with Gasteiger partial charge in [-0.05, 0) is 80.8 Å². The lowest BCUT2D eigenvalue weighted by Crippen LogP contribution is -2.51. The summed E-state index contributed by atoms with van der Waals surface area (Å²) in [6.45, 7) is 7.12. The van der Waals surface area contributed by atoms with Crippen LogP contribution in [0.15, 0.2) is 70.0 Å². The second-order valence-electron chi connectivity index (χ2n) is 9.59. The van der Waals surface area contributed by atoms with Crippen LogP contribution in [0.3, 0.4) is 0 Å². The van der Waals surface area contributed by atoms with Crippen molar-refractivity contribution < 1.29 is 27.5 Å². The molecule has 3 aromatic carbocycles. The molecule has 0 bridgehead atoms. The molecule has 0 heterocycles. The summed E-state index contributed by atoms with van der Waals surface area (Å²) in [5.41, 5.74) is 2.79. The first-order valence-electron chi connectivity index (χ1n) is 13.1. The number of likely N-dealkylation sites (N-methyl/N-ethyl adjacent to an activating group) is 1. The SMILES string of the molecule is CCNC(=O)C(C)N(Cc1ccc(Br)cc1)C(=O)CN(c1cc(C)cc(C)c1)S(=O)(=O)c1ccc(OC)c(OC)c1. The van der Waals surface area contributed by atoms with E-state index in [4.69, 9.17) is 9.47 Å². The highest BCUT2D eigenvalue weighted by molar-refractivity contribution is 9.10. The van der Waals surface area contributed by atoms with E-state index < -0.39 is 28.5 Å². The van der Waals surface area contributed by atoms with Crippen molar-refractivity contribution in [1.82, 2.24) is 10.2 Å². The molecule has 1 N–H and O–H groups in total. The van der Waals surface area contributed by atoms with Crippen LogP contribution in [0.2, 0.25) is 0 Å². The van der Waals surface area contributed by atoms with Crippen molar-refractivity contribution in [1.29, 1.82) is 0 Å². The van der Waals surface area contributed by atoms with Crippen LogP contribution in [-0.4, -0.2) is 58.5 Å². The number of ether oxygens (including phenoxy) is 2. The minimum Gasteiger partial charge on any atom is -0.493 e. The first kappa shape index (κ1) is 32.0. The zero-order chi connectivity index (χ0) is 30.3. The number of halogens is 1. The highest BCUT2D eigenvalue weighted by atomic mass is 79.9. The van der Waals surface area contributed by atoms with Gasteiger partial charge in [0.2, 0.25) is 11.8 Å². The van der Waals surface area contributed by atoms with Gasteiger partial charge in [-0.2, -0.15) is 0 Å². The molecule has 2 amide bonds. The Kier molecular flexibility index (Phi) is 10.8. The van der Waals surface area contributed by atoms with Crippen molar-refractivity contribution in [3.8, 4) is 11.5 Å². The Morgan fingerprint density at radius 2 is 1.54 bits per heavy atom. The highest BCUT2D eigenvalue weighted by Gasteiger charge is 2.33. The first-order valence-corrected chi connectivity index (χ1v) is 15.3. The lowest BCUT2D eigenvalue weighted by Gasteiger charge is -2.32. The van der Waals surface area contributed by atoms with E-state index >= 15 is 0 Å². The van der Waals surface area contributed by atoms with Gasteiger partial charge >= 0.3 is 0 Å². The summed E-state index contributed by atoms with van der Waals surface area (Å²) in [4.78, 5) is 28.2. The average molecular weight is 647 g/mol. The van der Waals surface area contributed by atoms with E-state index in [2.05, 4.69) is 21.2 Å². The van der Waals surface area contributed by atoms with Gasteiger partial charge in [-0.15, -0.1) is 0 Å². The number of methoxy groups -OCH3 is 2. The Morgan fingerprint density at radius 3 is 2.10 bits per heavy atom. The third-order valence-electron chi connectivity index (χ3n) is 6.50. The summed E-state index contributed by atoms with van der Waals surface area (Å²) in [6.07, 6.45) is 0. The summed E-state index contributed by atoms with van der Waals surface area (Å²) in [7, 11) is -1.39. The van der Waals surface area contributed by atoms with Gasteiger partial charge < -0.3 is 19.7 Å². The van der Waals surface area contributed by atoms with Crippen LogP contribution < -0.4 is 19.1 Å². The van der Waals surface area contributed by atoms with Crippen LogP contribution in [0, 0.1) is 13.8 Å². The summed E-state index contributed by atoms with van der Waals surface area (Å²) in [6, 6.07) is 16.2. The molecule has 0 aliphatic heterocycles. The predicted molar refractivity (Wildman–Crippen MR) is 163 cm³/mol. The van der Waals surface area contributed by atoms with Gasteiger partial charge in [0.25, 0.3) is 10.0 Å². The molecule has 0 radical (unpaired) electrons. The lowest BCUT2D eigenvalue weighted by atomic mass is 10.1. The Bertz CT molecular complexity index is 1470. The molecule has 0 aliphatic carbocycles. The molecule has 1 unspecified atom stereocenters. The first-order chi connectivity index (χ1) is 19.4. The fourth-order valence-electron chi connectivity index (χ4n) is 4.42. The van der Waals surface area contributed by atoms with Crippen LogP contribution in [-0.2, 0) is 26.2 Å². The lowest BCUT2D eigenvalue weighted by molar-refractivity contribution is -0.139. The van der Waals surface area contributed by atoms with Gasteiger partial charge in [0.15, 0.2) is 11.5 Å². The van der Waals surface area contributed by atoms with Crippen LogP contribution in [0.5, 0.6) is 11.5 Å². The molecule has 9 nitrogen and oxygen atoms in total. The van der Waals surface area contributed by atoms with Gasteiger partial charge in [0.05, 0.1) is 24.8 Å². The smallest absolute Gasteiger partial charge is 0.264 e. The summed E-state index contributed by atoms with van der Waals surface area (Å²) in [5, 5.41) is 2.76. The van der Waals surface area contributed by atoms with Gasteiger partial charge in [0.1, 0.15) is 12.6 Å². The molecular weight excluding hydrogens is 610 g/mol. The Labute approximate surface area is 250 Å². The van der Waals surface area contributed by atoms with Gasteiger partial charge in [-0.25, -0.2) is 8.42 Å². The number of benzene rings is 3. The van der Waals surface area contributed by atoms with E-state index in [0.717, 1.165) is 25.5 Å². The normalized spacial score (nSPS) is 11.9. The van der Waals surface area contributed by atoms with E-state index in [1.54, 1.807) is 26.0 Å². The van der Waals surface area contributed by atoms with Crippen LogP contribution >= 0.6 is 15.9 Å². The van der Waals surface area contributed by atoms with Crippen molar-refractivity contribution in [2.75, 3.05) is 31.6 Å². The quantitative estimate of drug-likeness (QED) is 0.302. The molecular formula is C30H36BrN3O6S. The van der Waals surface area contributed by atoms with Crippen molar-refractivity contribution in [3.63, 3.8) is 0 Å².